The Hall–Kier alpha value is -0.870. The van der Waals surface area contributed by atoms with E-state index in [1.165, 1.54) is 25.7 Å². The summed E-state index contributed by atoms with van der Waals surface area (Å²) in [5, 5.41) is 0. The van der Waals surface area contributed by atoms with Crippen molar-refractivity contribution in [3.63, 3.8) is 0 Å². The Labute approximate surface area is 115 Å². The SMILES string of the molecule is Cc1ccc(S(=O)(=O)NC[C@@H]2C[C@H]3CC[C@@H]2C3)cc1. The number of benzene rings is 1. The maximum Gasteiger partial charge on any atom is 0.240 e. The fourth-order valence-electron chi connectivity index (χ4n) is 3.64. The summed E-state index contributed by atoms with van der Waals surface area (Å²) in [6.45, 7) is 2.57. The van der Waals surface area contributed by atoms with E-state index in [1.54, 1.807) is 12.1 Å². The molecule has 2 aliphatic rings. The lowest BCUT2D eigenvalue weighted by molar-refractivity contribution is 0.333. The molecule has 3 atom stereocenters. The first-order valence-corrected chi connectivity index (χ1v) is 8.59. The molecule has 1 aromatic rings. The highest BCUT2D eigenvalue weighted by atomic mass is 32.2. The standard InChI is InChI=1S/C15H21NO2S/c1-11-2-6-15(7-3-11)19(17,18)16-10-14-9-12-4-5-13(14)8-12/h2-3,6-7,12-14,16H,4-5,8-10H2,1H3/t12-,13+,14-/m0/s1. The number of nitrogens with one attached hydrogen (secondary N) is 1. The molecular formula is C15H21NO2S. The van der Waals surface area contributed by atoms with Gasteiger partial charge in [0.2, 0.25) is 10.0 Å². The van der Waals surface area contributed by atoms with Crippen molar-refractivity contribution >= 4 is 10.0 Å². The lowest BCUT2D eigenvalue weighted by Crippen LogP contribution is -2.31. The molecule has 0 amide bonds. The average Bonchev–Trinajstić information content (AvgIpc) is 2.99. The molecule has 0 saturated heterocycles. The minimum absolute atomic E-state index is 0.376. The molecule has 3 rings (SSSR count). The summed E-state index contributed by atoms with van der Waals surface area (Å²) in [7, 11) is -3.33. The zero-order valence-corrected chi connectivity index (χ0v) is 12.1. The van der Waals surface area contributed by atoms with Crippen LogP contribution in [-0.2, 0) is 10.0 Å². The third-order valence-corrected chi connectivity index (χ3v) is 6.19. The van der Waals surface area contributed by atoms with Crippen LogP contribution in [0.2, 0.25) is 0 Å². The van der Waals surface area contributed by atoms with Gasteiger partial charge in [-0.15, -0.1) is 0 Å². The normalized spacial score (nSPS) is 29.8. The van der Waals surface area contributed by atoms with Crippen molar-refractivity contribution in [2.75, 3.05) is 6.54 Å². The Bertz CT molecular complexity index is 550. The fraction of sp³-hybridized carbons (Fsp3) is 0.600. The molecular weight excluding hydrogens is 258 g/mol. The van der Waals surface area contributed by atoms with Crippen LogP contribution in [0.3, 0.4) is 0 Å². The van der Waals surface area contributed by atoms with Gasteiger partial charge in [0.1, 0.15) is 0 Å². The average molecular weight is 279 g/mol. The number of sulfonamides is 1. The van der Waals surface area contributed by atoms with Gasteiger partial charge < -0.3 is 0 Å². The molecule has 3 nitrogen and oxygen atoms in total. The molecule has 2 saturated carbocycles. The zero-order valence-electron chi connectivity index (χ0n) is 11.3. The number of hydrogen-bond acceptors (Lipinski definition) is 2. The highest BCUT2D eigenvalue weighted by Gasteiger charge is 2.39. The predicted octanol–water partition coefficient (Wildman–Crippen LogP) is 2.71. The van der Waals surface area contributed by atoms with Crippen LogP contribution in [0.1, 0.15) is 31.2 Å². The molecule has 0 unspecified atom stereocenters. The molecule has 0 heterocycles. The molecule has 0 aliphatic heterocycles. The van der Waals surface area contributed by atoms with E-state index in [9.17, 15) is 8.42 Å². The Morgan fingerprint density at radius 3 is 2.47 bits per heavy atom. The van der Waals surface area contributed by atoms with Gasteiger partial charge in [-0.1, -0.05) is 24.1 Å². The summed E-state index contributed by atoms with van der Waals surface area (Å²) < 4.78 is 27.2. The monoisotopic (exact) mass is 279 g/mol. The largest absolute Gasteiger partial charge is 0.240 e. The van der Waals surface area contributed by atoms with E-state index >= 15 is 0 Å². The molecule has 0 aromatic heterocycles. The van der Waals surface area contributed by atoms with Gasteiger partial charge >= 0.3 is 0 Å². The highest BCUT2D eigenvalue weighted by molar-refractivity contribution is 7.89. The lowest BCUT2D eigenvalue weighted by Gasteiger charge is -2.21. The van der Waals surface area contributed by atoms with Crippen LogP contribution in [0.4, 0.5) is 0 Å². The summed E-state index contributed by atoms with van der Waals surface area (Å²) in [4.78, 5) is 0.376. The molecule has 104 valence electrons. The molecule has 2 bridgehead atoms. The summed E-state index contributed by atoms with van der Waals surface area (Å²) in [5.74, 6) is 2.17. The van der Waals surface area contributed by atoms with E-state index in [0.29, 0.717) is 17.4 Å². The van der Waals surface area contributed by atoms with Crippen molar-refractivity contribution in [2.45, 2.75) is 37.5 Å². The molecule has 2 fully saturated rings. The first kappa shape index (κ1) is 13.1. The zero-order chi connectivity index (χ0) is 13.5. The second-order valence-corrected chi connectivity index (χ2v) is 7.87. The van der Waals surface area contributed by atoms with Gasteiger partial charge in [-0.2, -0.15) is 0 Å². The van der Waals surface area contributed by atoms with Crippen molar-refractivity contribution < 1.29 is 8.42 Å². The highest BCUT2D eigenvalue weighted by Crippen LogP contribution is 2.48. The Kier molecular flexibility index (Phi) is 3.39. The van der Waals surface area contributed by atoms with Gasteiger partial charge in [-0.05, 0) is 56.1 Å². The minimum atomic E-state index is -3.33. The van der Waals surface area contributed by atoms with Crippen LogP contribution in [0.25, 0.3) is 0 Å². The number of aryl methyl sites for hydroxylation is 1. The van der Waals surface area contributed by atoms with Crippen molar-refractivity contribution in [1.29, 1.82) is 0 Å². The molecule has 2 aliphatic carbocycles. The second-order valence-electron chi connectivity index (χ2n) is 6.10. The lowest BCUT2D eigenvalue weighted by atomic mass is 9.89. The van der Waals surface area contributed by atoms with E-state index < -0.39 is 10.0 Å². The van der Waals surface area contributed by atoms with E-state index in [1.807, 2.05) is 19.1 Å². The van der Waals surface area contributed by atoms with Crippen LogP contribution in [0.15, 0.2) is 29.2 Å². The molecule has 0 spiro atoms. The molecule has 4 heteroatoms. The molecule has 1 N–H and O–H groups in total. The topological polar surface area (TPSA) is 46.2 Å². The third-order valence-electron chi connectivity index (χ3n) is 4.75. The summed E-state index contributed by atoms with van der Waals surface area (Å²) in [5.41, 5.74) is 1.08. The quantitative estimate of drug-likeness (QED) is 0.921. The van der Waals surface area contributed by atoms with E-state index in [-0.39, 0.29) is 0 Å². The smallest absolute Gasteiger partial charge is 0.211 e. The summed E-state index contributed by atoms with van der Waals surface area (Å²) in [6.07, 6.45) is 5.17. The Morgan fingerprint density at radius 1 is 1.16 bits per heavy atom. The van der Waals surface area contributed by atoms with E-state index in [0.717, 1.165) is 17.4 Å². The first-order chi connectivity index (χ1) is 9.04. The van der Waals surface area contributed by atoms with Gasteiger partial charge in [0, 0.05) is 6.54 Å². The van der Waals surface area contributed by atoms with Gasteiger partial charge in [-0.3, -0.25) is 0 Å². The number of fused-ring (bicyclic) bond motifs is 2. The van der Waals surface area contributed by atoms with Crippen molar-refractivity contribution in [3.05, 3.63) is 29.8 Å². The van der Waals surface area contributed by atoms with E-state index in [4.69, 9.17) is 0 Å². The summed E-state index contributed by atoms with van der Waals surface area (Å²) in [6, 6.07) is 7.04. The van der Waals surface area contributed by atoms with Crippen molar-refractivity contribution in [1.82, 2.24) is 4.72 Å². The third kappa shape index (κ3) is 2.70. The van der Waals surface area contributed by atoms with Crippen LogP contribution in [0.5, 0.6) is 0 Å². The number of hydrogen-bond donors (Lipinski definition) is 1. The van der Waals surface area contributed by atoms with Crippen molar-refractivity contribution in [2.24, 2.45) is 17.8 Å². The Morgan fingerprint density at radius 2 is 1.89 bits per heavy atom. The Balaban J connectivity index is 1.64. The van der Waals surface area contributed by atoms with Gasteiger partial charge in [-0.25, -0.2) is 13.1 Å². The minimum Gasteiger partial charge on any atom is -0.211 e. The van der Waals surface area contributed by atoms with Gasteiger partial charge in [0.05, 0.1) is 4.90 Å². The summed E-state index contributed by atoms with van der Waals surface area (Å²) >= 11 is 0. The molecule has 0 radical (unpaired) electrons. The van der Waals surface area contributed by atoms with E-state index in [2.05, 4.69) is 4.72 Å². The van der Waals surface area contributed by atoms with Crippen molar-refractivity contribution in [3.8, 4) is 0 Å². The maximum atomic E-state index is 12.2. The maximum absolute atomic E-state index is 12.2. The molecule has 1 aromatic carbocycles. The predicted molar refractivity (Wildman–Crippen MR) is 75.3 cm³/mol. The molecule has 19 heavy (non-hydrogen) atoms. The van der Waals surface area contributed by atoms with Crippen LogP contribution >= 0.6 is 0 Å². The van der Waals surface area contributed by atoms with Crippen LogP contribution in [-0.4, -0.2) is 15.0 Å². The second kappa shape index (κ2) is 4.91. The van der Waals surface area contributed by atoms with Crippen LogP contribution < -0.4 is 4.72 Å². The van der Waals surface area contributed by atoms with Gasteiger partial charge in [0.25, 0.3) is 0 Å². The van der Waals surface area contributed by atoms with Gasteiger partial charge in [0.15, 0.2) is 0 Å². The van der Waals surface area contributed by atoms with Crippen LogP contribution in [0, 0.1) is 24.7 Å². The fourth-order valence-corrected chi connectivity index (χ4v) is 4.74. The first-order valence-electron chi connectivity index (χ1n) is 7.11. The number of rotatable bonds is 4.